The third-order valence-electron chi connectivity index (χ3n) is 5.14. The lowest BCUT2D eigenvalue weighted by atomic mass is 9.90. The number of aromatic nitrogens is 4. The van der Waals surface area contributed by atoms with E-state index in [0.29, 0.717) is 30.5 Å². The first-order valence-electron chi connectivity index (χ1n) is 10.2. The molecule has 1 fully saturated rings. The second kappa shape index (κ2) is 8.25. The maximum atomic E-state index is 12.7. The van der Waals surface area contributed by atoms with Crippen molar-refractivity contribution in [3.8, 4) is 11.3 Å². The third kappa shape index (κ3) is 4.19. The molecule has 0 unspecified atom stereocenters. The number of anilines is 1. The van der Waals surface area contributed by atoms with Gasteiger partial charge >= 0.3 is 0 Å². The van der Waals surface area contributed by atoms with Crippen molar-refractivity contribution in [3.63, 3.8) is 0 Å². The summed E-state index contributed by atoms with van der Waals surface area (Å²) in [5, 5.41) is 11.1. The molecule has 0 bridgehead atoms. The van der Waals surface area contributed by atoms with E-state index in [0.717, 1.165) is 29.8 Å². The van der Waals surface area contributed by atoms with Crippen LogP contribution in [0.25, 0.3) is 11.3 Å². The minimum atomic E-state index is -0.120. The zero-order valence-electron chi connectivity index (χ0n) is 17.7. The Bertz CT molecular complexity index is 1030. The summed E-state index contributed by atoms with van der Waals surface area (Å²) in [7, 11) is 0. The van der Waals surface area contributed by atoms with Crippen molar-refractivity contribution in [2.75, 3.05) is 18.4 Å². The molecule has 9 nitrogen and oxygen atoms in total. The molecule has 0 aliphatic carbocycles. The molecule has 0 spiro atoms. The van der Waals surface area contributed by atoms with Gasteiger partial charge in [-0.05, 0) is 40.5 Å². The van der Waals surface area contributed by atoms with E-state index in [1.54, 1.807) is 19.2 Å². The van der Waals surface area contributed by atoms with Crippen LogP contribution in [0.3, 0.4) is 0 Å². The van der Waals surface area contributed by atoms with Gasteiger partial charge in [0, 0.05) is 43.4 Å². The Kier molecular flexibility index (Phi) is 5.52. The van der Waals surface area contributed by atoms with Gasteiger partial charge in [-0.3, -0.25) is 4.79 Å². The van der Waals surface area contributed by atoms with Gasteiger partial charge in [0.1, 0.15) is 0 Å². The minimum Gasteiger partial charge on any atom is -0.356 e. The van der Waals surface area contributed by atoms with Crippen molar-refractivity contribution in [1.29, 1.82) is 0 Å². The number of hydrogen-bond donors (Lipinski definition) is 1. The molecule has 0 aromatic carbocycles. The molecule has 4 heterocycles. The van der Waals surface area contributed by atoms with Crippen LogP contribution >= 0.6 is 0 Å². The Balaban J connectivity index is 1.56. The number of hydrogen-bond acceptors (Lipinski definition) is 8. The summed E-state index contributed by atoms with van der Waals surface area (Å²) < 4.78 is 10.6. The molecular weight excluding hydrogens is 384 g/mol. The second-order valence-electron chi connectivity index (χ2n) is 8.02. The lowest BCUT2D eigenvalue weighted by Gasteiger charge is -2.31. The molecule has 158 valence electrons. The molecule has 0 atom stereocenters. The largest absolute Gasteiger partial charge is 0.356 e. The van der Waals surface area contributed by atoms with Crippen LogP contribution in [0.4, 0.5) is 5.95 Å². The molecule has 3 aromatic rings. The van der Waals surface area contributed by atoms with Crippen molar-refractivity contribution in [2.24, 2.45) is 0 Å². The zero-order chi connectivity index (χ0) is 21.3. The lowest BCUT2D eigenvalue weighted by Crippen LogP contribution is -2.38. The van der Waals surface area contributed by atoms with Gasteiger partial charge in [-0.2, -0.15) is 0 Å². The molecule has 0 radical (unpaired) electrons. The number of amides is 1. The van der Waals surface area contributed by atoms with Crippen LogP contribution in [0, 0.1) is 13.8 Å². The predicted molar refractivity (Wildman–Crippen MR) is 110 cm³/mol. The Labute approximate surface area is 174 Å². The van der Waals surface area contributed by atoms with E-state index >= 15 is 0 Å². The van der Waals surface area contributed by atoms with Crippen LogP contribution in [-0.4, -0.2) is 50.2 Å². The van der Waals surface area contributed by atoms with E-state index < -0.39 is 0 Å². The number of carbonyl (C=O) groups is 1. The highest BCUT2D eigenvalue weighted by Gasteiger charge is 2.29. The summed E-state index contributed by atoms with van der Waals surface area (Å²) in [6.45, 7) is 9.02. The van der Waals surface area contributed by atoms with Gasteiger partial charge in [-0.1, -0.05) is 10.3 Å². The fourth-order valence-electron chi connectivity index (χ4n) is 3.69. The van der Waals surface area contributed by atoms with E-state index in [9.17, 15) is 4.79 Å². The fourth-order valence-corrected chi connectivity index (χ4v) is 3.69. The van der Waals surface area contributed by atoms with Crippen LogP contribution in [0.1, 0.15) is 60.2 Å². The van der Waals surface area contributed by atoms with Gasteiger partial charge in [-0.15, -0.1) is 0 Å². The summed E-state index contributed by atoms with van der Waals surface area (Å²) >= 11 is 0. The smallest absolute Gasteiger partial charge is 0.292 e. The Morgan fingerprint density at radius 2 is 1.83 bits per heavy atom. The summed E-state index contributed by atoms with van der Waals surface area (Å²) in [6, 6.07) is 3.79. The van der Waals surface area contributed by atoms with Crippen molar-refractivity contribution in [1.82, 2.24) is 25.2 Å². The van der Waals surface area contributed by atoms with Crippen molar-refractivity contribution < 1.29 is 13.8 Å². The predicted octanol–water partition coefficient (Wildman–Crippen LogP) is 3.58. The maximum absolute atomic E-state index is 12.7. The number of rotatable bonds is 5. The molecule has 0 saturated carbocycles. The lowest BCUT2D eigenvalue weighted by molar-refractivity contribution is 0.0670. The van der Waals surface area contributed by atoms with E-state index in [1.165, 1.54) is 0 Å². The Morgan fingerprint density at radius 1 is 1.13 bits per heavy atom. The molecule has 1 N–H and O–H groups in total. The van der Waals surface area contributed by atoms with Crippen molar-refractivity contribution in [2.45, 2.75) is 52.5 Å². The number of nitrogens with zero attached hydrogens (tertiary/aromatic N) is 5. The van der Waals surface area contributed by atoms with E-state index in [4.69, 9.17) is 14.0 Å². The Hall–Kier alpha value is -3.23. The van der Waals surface area contributed by atoms with E-state index in [1.807, 2.05) is 31.7 Å². The highest BCUT2D eigenvalue weighted by molar-refractivity contribution is 5.91. The van der Waals surface area contributed by atoms with Crippen LogP contribution < -0.4 is 5.32 Å². The molecular formula is C21H26N6O3. The van der Waals surface area contributed by atoms with Gasteiger partial charge in [0.05, 0.1) is 22.6 Å². The number of likely N-dealkylation sites (tertiary alicyclic amines) is 1. The SMILES string of the molecule is Cc1cc(C(=O)N2CCC(c3nc(NC(C)C)ncc3-c3cc(C)no3)CC2)on1. The van der Waals surface area contributed by atoms with Crippen LogP contribution in [0.15, 0.2) is 27.4 Å². The number of aryl methyl sites for hydroxylation is 2. The zero-order valence-corrected chi connectivity index (χ0v) is 17.7. The highest BCUT2D eigenvalue weighted by atomic mass is 16.5. The highest BCUT2D eigenvalue weighted by Crippen LogP contribution is 2.35. The normalized spacial score (nSPS) is 15.0. The van der Waals surface area contributed by atoms with Gasteiger partial charge in [0.25, 0.3) is 5.91 Å². The van der Waals surface area contributed by atoms with Gasteiger partial charge in [-0.25, -0.2) is 9.97 Å². The first-order chi connectivity index (χ1) is 14.4. The Morgan fingerprint density at radius 3 is 2.43 bits per heavy atom. The quantitative estimate of drug-likeness (QED) is 0.680. The van der Waals surface area contributed by atoms with Crippen LogP contribution in [0.5, 0.6) is 0 Å². The monoisotopic (exact) mass is 410 g/mol. The molecule has 1 amide bonds. The van der Waals surface area contributed by atoms with E-state index in [-0.39, 0.29) is 23.6 Å². The topological polar surface area (TPSA) is 110 Å². The van der Waals surface area contributed by atoms with Crippen LogP contribution in [0.2, 0.25) is 0 Å². The summed E-state index contributed by atoms with van der Waals surface area (Å²) in [5.74, 6) is 1.60. The van der Waals surface area contributed by atoms with Crippen molar-refractivity contribution in [3.05, 3.63) is 41.2 Å². The molecule has 9 heteroatoms. The summed E-state index contributed by atoms with van der Waals surface area (Å²) in [5.41, 5.74) is 3.28. The maximum Gasteiger partial charge on any atom is 0.292 e. The summed E-state index contributed by atoms with van der Waals surface area (Å²) in [6.07, 6.45) is 3.37. The number of nitrogens with one attached hydrogen (secondary N) is 1. The molecule has 30 heavy (non-hydrogen) atoms. The summed E-state index contributed by atoms with van der Waals surface area (Å²) in [4.78, 5) is 23.7. The fraction of sp³-hybridized carbons (Fsp3) is 0.476. The minimum absolute atomic E-state index is 0.120. The number of carbonyl (C=O) groups excluding carboxylic acids is 1. The molecule has 1 aliphatic rings. The van der Waals surface area contributed by atoms with Gasteiger partial charge < -0.3 is 19.3 Å². The second-order valence-corrected chi connectivity index (χ2v) is 8.02. The van der Waals surface area contributed by atoms with Crippen molar-refractivity contribution >= 4 is 11.9 Å². The average Bonchev–Trinajstić information content (AvgIpc) is 3.35. The van der Waals surface area contributed by atoms with E-state index in [2.05, 4.69) is 20.6 Å². The molecule has 1 saturated heterocycles. The third-order valence-corrected chi connectivity index (χ3v) is 5.14. The molecule has 1 aliphatic heterocycles. The molecule has 3 aromatic heterocycles. The first-order valence-corrected chi connectivity index (χ1v) is 10.2. The standard InChI is InChI=1S/C21H26N6O3/c1-12(2)23-21-22-11-16(17-9-13(3)25-29-17)19(24-21)15-5-7-27(8-6-15)20(28)18-10-14(4)26-30-18/h9-12,15H,5-8H2,1-4H3,(H,22,23,24). The van der Waals surface area contributed by atoms with Gasteiger partial charge in [0.2, 0.25) is 11.7 Å². The average molecular weight is 410 g/mol. The van der Waals surface area contributed by atoms with Crippen LogP contribution in [-0.2, 0) is 0 Å². The molecule has 4 rings (SSSR count). The number of piperidine rings is 1. The first kappa shape index (κ1) is 20.1. The van der Waals surface area contributed by atoms with Gasteiger partial charge in [0.15, 0.2) is 5.76 Å².